The Morgan fingerprint density at radius 2 is 2.00 bits per heavy atom. The molecular weight excluding hydrogens is 288 g/mol. The average molecular weight is 302 g/mol. The van der Waals surface area contributed by atoms with Crippen LogP contribution in [0.2, 0.25) is 0 Å². The van der Waals surface area contributed by atoms with Crippen molar-refractivity contribution in [1.82, 2.24) is 9.55 Å². The fourth-order valence-electron chi connectivity index (χ4n) is 2.09. The molecular formula is C15H14N2OS2. The third-order valence-electron chi connectivity index (χ3n) is 3.17. The van der Waals surface area contributed by atoms with Crippen LogP contribution in [0, 0.1) is 6.92 Å². The van der Waals surface area contributed by atoms with Gasteiger partial charge in [0.15, 0.2) is 5.16 Å². The van der Waals surface area contributed by atoms with Crippen LogP contribution in [-0.4, -0.2) is 15.8 Å². The number of aromatic nitrogens is 2. The van der Waals surface area contributed by atoms with Gasteiger partial charge in [0.2, 0.25) is 0 Å². The zero-order valence-corrected chi connectivity index (χ0v) is 12.9. The lowest BCUT2D eigenvalue weighted by Gasteiger charge is -2.10. The SMILES string of the molecule is CSc1nc2ccsc2c(=O)n1Cc1ccc(C)cc1. The van der Waals surface area contributed by atoms with Crippen molar-refractivity contribution in [2.24, 2.45) is 0 Å². The number of hydrogen-bond acceptors (Lipinski definition) is 4. The Labute approximate surface area is 125 Å². The monoisotopic (exact) mass is 302 g/mol. The highest BCUT2D eigenvalue weighted by Gasteiger charge is 2.11. The van der Waals surface area contributed by atoms with Gasteiger partial charge in [0.1, 0.15) is 4.70 Å². The lowest BCUT2D eigenvalue weighted by molar-refractivity contribution is 0.660. The smallest absolute Gasteiger partial charge is 0.272 e. The molecule has 2 aromatic heterocycles. The summed E-state index contributed by atoms with van der Waals surface area (Å²) in [7, 11) is 0. The number of hydrogen-bond donors (Lipinski definition) is 0. The predicted molar refractivity (Wildman–Crippen MR) is 85.9 cm³/mol. The van der Waals surface area contributed by atoms with Gasteiger partial charge >= 0.3 is 0 Å². The summed E-state index contributed by atoms with van der Waals surface area (Å²) < 4.78 is 2.49. The van der Waals surface area contributed by atoms with Gasteiger partial charge in [-0.2, -0.15) is 0 Å². The van der Waals surface area contributed by atoms with E-state index in [1.165, 1.54) is 28.7 Å². The predicted octanol–water partition coefficient (Wildman–Crippen LogP) is 3.54. The molecule has 102 valence electrons. The van der Waals surface area contributed by atoms with Gasteiger partial charge in [0, 0.05) is 0 Å². The van der Waals surface area contributed by atoms with E-state index in [4.69, 9.17) is 0 Å². The molecule has 3 aromatic rings. The minimum atomic E-state index is 0.0509. The summed E-state index contributed by atoms with van der Waals surface area (Å²) >= 11 is 2.96. The summed E-state index contributed by atoms with van der Waals surface area (Å²) in [4.78, 5) is 17.1. The second-order valence-corrected chi connectivity index (χ2v) is 6.30. The topological polar surface area (TPSA) is 34.9 Å². The first-order valence-corrected chi connectivity index (χ1v) is 8.37. The van der Waals surface area contributed by atoms with Gasteiger partial charge in [-0.15, -0.1) is 11.3 Å². The third-order valence-corrected chi connectivity index (χ3v) is 4.74. The number of benzene rings is 1. The molecule has 0 fully saturated rings. The van der Waals surface area contributed by atoms with Crippen LogP contribution in [0.4, 0.5) is 0 Å². The summed E-state index contributed by atoms with van der Waals surface area (Å²) in [6.07, 6.45) is 1.95. The van der Waals surface area contributed by atoms with Gasteiger partial charge in [-0.25, -0.2) is 4.98 Å². The lowest BCUT2D eigenvalue weighted by atomic mass is 10.1. The van der Waals surface area contributed by atoms with Crippen molar-refractivity contribution in [3.05, 3.63) is 57.2 Å². The lowest BCUT2D eigenvalue weighted by Crippen LogP contribution is -2.23. The Morgan fingerprint density at radius 1 is 1.25 bits per heavy atom. The van der Waals surface area contributed by atoms with Crippen molar-refractivity contribution in [3.8, 4) is 0 Å². The van der Waals surface area contributed by atoms with Crippen molar-refractivity contribution < 1.29 is 0 Å². The van der Waals surface area contributed by atoms with Gasteiger partial charge in [0.25, 0.3) is 5.56 Å². The van der Waals surface area contributed by atoms with Gasteiger partial charge in [-0.3, -0.25) is 9.36 Å². The van der Waals surface area contributed by atoms with Crippen LogP contribution in [0.15, 0.2) is 45.7 Å². The Bertz CT molecular complexity index is 803. The quantitative estimate of drug-likeness (QED) is 0.548. The highest BCUT2D eigenvalue weighted by atomic mass is 32.2. The highest BCUT2D eigenvalue weighted by Crippen LogP contribution is 2.20. The largest absolute Gasteiger partial charge is 0.282 e. The van der Waals surface area contributed by atoms with Crippen molar-refractivity contribution in [3.63, 3.8) is 0 Å². The molecule has 0 radical (unpaired) electrons. The molecule has 3 rings (SSSR count). The summed E-state index contributed by atoms with van der Waals surface area (Å²) in [6, 6.07) is 10.2. The normalized spacial score (nSPS) is 11.1. The molecule has 1 aromatic carbocycles. The van der Waals surface area contributed by atoms with Crippen molar-refractivity contribution in [2.75, 3.05) is 6.26 Å². The molecule has 0 aliphatic rings. The van der Waals surface area contributed by atoms with Gasteiger partial charge in [0.05, 0.1) is 12.1 Å². The highest BCUT2D eigenvalue weighted by molar-refractivity contribution is 7.98. The second-order valence-electron chi connectivity index (χ2n) is 4.61. The molecule has 0 saturated heterocycles. The van der Waals surface area contributed by atoms with E-state index in [1.54, 1.807) is 4.57 Å². The minimum absolute atomic E-state index is 0.0509. The zero-order valence-electron chi connectivity index (χ0n) is 11.3. The van der Waals surface area contributed by atoms with E-state index in [1.807, 2.05) is 17.7 Å². The van der Waals surface area contributed by atoms with Crippen LogP contribution in [0.25, 0.3) is 10.2 Å². The number of rotatable bonds is 3. The molecule has 0 unspecified atom stereocenters. The fraction of sp³-hybridized carbons (Fsp3) is 0.200. The molecule has 0 amide bonds. The maximum atomic E-state index is 12.6. The summed E-state index contributed by atoms with van der Waals surface area (Å²) in [6.45, 7) is 2.62. The number of aryl methyl sites for hydroxylation is 1. The number of fused-ring (bicyclic) bond motifs is 1. The van der Waals surface area contributed by atoms with Gasteiger partial charge in [-0.1, -0.05) is 41.6 Å². The van der Waals surface area contributed by atoms with E-state index in [0.29, 0.717) is 6.54 Å². The Balaban J connectivity index is 2.11. The summed E-state index contributed by atoms with van der Waals surface area (Å²) in [5.74, 6) is 0. The standard InChI is InChI=1S/C15H14N2OS2/c1-10-3-5-11(6-4-10)9-17-14(18)13-12(7-8-20-13)16-15(17)19-2/h3-8H,9H2,1-2H3. The Kier molecular flexibility index (Phi) is 3.63. The molecule has 0 bridgehead atoms. The molecule has 3 nitrogen and oxygen atoms in total. The van der Waals surface area contributed by atoms with E-state index in [2.05, 4.69) is 36.2 Å². The van der Waals surface area contributed by atoms with E-state index >= 15 is 0 Å². The van der Waals surface area contributed by atoms with Crippen molar-refractivity contribution >= 4 is 33.3 Å². The second kappa shape index (κ2) is 5.42. The zero-order chi connectivity index (χ0) is 14.1. The van der Waals surface area contributed by atoms with Crippen LogP contribution in [0.5, 0.6) is 0 Å². The van der Waals surface area contributed by atoms with Crippen LogP contribution < -0.4 is 5.56 Å². The summed E-state index contributed by atoms with van der Waals surface area (Å²) in [5.41, 5.74) is 3.18. The summed E-state index contributed by atoms with van der Waals surface area (Å²) in [5, 5.41) is 2.68. The molecule has 20 heavy (non-hydrogen) atoms. The van der Waals surface area contributed by atoms with Crippen LogP contribution >= 0.6 is 23.1 Å². The maximum Gasteiger partial charge on any atom is 0.272 e. The molecule has 2 heterocycles. The molecule has 0 saturated carbocycles. The van der Waals surface area contributed by atoms with E-state index < -0.39 is 0 Å². The fourth-order valence-corrected chi connectivity index (χ4v) is 3.43. The van der Waals surface area contributed by atoms with E-state index in [0.717, 1.165) is 20.9 Å². The molecule has 0 aliphatic heterocycles. The molecule has 0 aliphatic carbocycles. The van der Waals surface area contributed by atoms with Crippen molar-refractivity contribution in [2.45, 2.75) is 18.6 Å². The van der Waals surface area contributed by atoms with Crippen LogP contribution in [0.1, 0.15) is 11.1 Å². The van der Waals surface area contributed by atoms with E-state index in [9.17, 15) is 4.79 Å². The first kappa shape index (κ1) is 13.4. The third kappa shape index (κ3) is 2.39. The first-order valence-electron chi connectivity index (χ1n) is 6.26. The molecule has 0 atom stereocenters. The van der Waals surface area contributed by atoms with E-state index in [-0.39, 0.29) is 5.56 Å². The minimum Gasteiger partial charge on any atom is -0.282 e. The number of thioether (sulfide) groups is 1. The molecule has 5 heteroatoms. The number of nitrogens with zero attached hydrogens (tertiary/aromatic N) is 2. The first-order chi connectivity index (χ1) is 9.69. The number of thiophene rings is 1. The van der Waals surface area contributed by atoms with Gasteiger partial charge in [-0.05, 0) is 30.2 Å². The van der Waals surface area contributed by atoms with Crippen LogP contribution in [0.3, 0.4) is 0 Å². The molecule has 0 N–H and O–H groups in total. The van der Waals surface area contributed by atoms with Crippen LogP contribution in [-0.2, 0) is 6.54 Å². The van der Waals surface area contributed by atoms with Gasteiger partial charge < -0.3 is 0 Å². The average Bonchev–Trinajstić information content (AvgIpc) is 2.92. The maximum absolute atomic E-state index is 12.6. The Hall–Kier alpha value is -1.59. The molecule has 0 spiro atoms. The Morgan fingerprint density at radius 3 is 2.70 bits per heavy atom. The van der Waals surface area contributed by atoms with Crippen molar-refractivity contribution in [1.29, 1.82) is 0 Å².